The van der Waals surface area contributed by atoms with E-state index in [4.69, 9.17) is 21.8 Å². The van der Waals surface area contributed by atoms with Gasteiger partial charge in [-0.2, -0.15) is 0 Å². The smallest absolute Gasteiger partial charge is 0.193 e. The standard InChI is InChI=1S/C8H8BrClN4O/c1-14-7(8(9)12-13-14)6(11)4-2-3-5(10)15-4/h2-3,6H,11H2,1H3. The summed E-state index contributed by atoms with van der Waals surface area (Å²) >= 11 is 8.95. The van der Waals surface area contributed by atoms with E-state index in [1.54, 1.807) is 23.9 Å². The van der Waals surface area contributed by atoms with E-state index >= 15 is 0 Å². The maximum atomic E-state index is 5.99. The van der Waals surface area contributed by atoms with Gasteiger partial charge in [0, 0.05) is 7.05 Å². The number of hydrogen-bond donors (Lipinski definition) is 1. The van der Waals surface area contributed by atoms with Crippen molar-refractivity contribution in [3.8, 4) is 0 Å². The summed E-state index contributed by atoms with van der Waals surface area (Å²) in [5.74, 6) is 0.575. The van der Waals surface area contributed by atoms with Gasteiger partial charge >= 0.3 is 0 Å². The molecule has 2 rings (SSSR count). The molecule has 0 aliphatic rings. The second-order valence-corrected chi connectivity index (χ2v) is 4.13. The number of halogens is 2. The van der Waals surface area contributed by atoms with Gasteiger partial charge in [0.25, 0.3) is 0 Å². The van der Waals surface area contributed by atoms with Crippen molar-refractivity contribution in [1.82, 2.24) is 15.0 Å². The highest BCUT2D eigenvalue weighted by Gasteiger charge is 2.20. The molecule has 0 amide bonds. The average molecular weight is 292 g/mol. The first kappa shape index (κ1) is 10.7. The zero-order chi connectivity index (χ0) is 11.0. The van der Waals surface area contributed by atoms with Gasteiger partial charge in [-0.15, -0.1) is 5.10 Å². The molecule has 0 saturated heterocycles. The molecule has 0 aliphatic carbocycles. The van der Waals surface area contributed by atoms with Crippen molar-refractivity contribution < 1.29 is 4.42 Å². The van der Waals surface area contributed by atoms with Crippen molar-refractivity contribution in [3.63, 3.8) is 0 Å². The third-order valence-electron chi connectivity index (χ3n) is 2.02. The largest absolute Gasteiger partial charge is 0.448 e. The summed E-state index contributed by atoms with van der Waals surface area (Å²) in [6.07, 6.45) is 0. The highest BCUT2D eigenvalue weighted by molar-refractivity contribution is 9.10. The predicted molar refractivity (Wildman–Crippen MR) is 58.5 cm³/mol. The van der Waals surface area contributed by atoms with Crippen LogP contribution >= 0.6 is 27.5 Å². The van der Waals surface area contributed by atoms with Crippen LogP contribution in [0.5, 0.6) is 0 Å². The van der Waals surface area contributed by atoms with E-state index < -0.39 is 6.04 Å². The molecule has 2 aromatic heterocycles. The van der Waals surface area contributed by atoms with E-state index in [-0.39, 0.29) is 0 Å². The molecule has 0 saturated carbocycles. The number of nitrogens with two attached hydrogens (primary N) is 1. The quantitative estimate of drug-likeness (QED) is 0.917. The molecule has 2 N–H and O–H groups in total. The van der Waals surface area contributed by atoms with Gasteiger partial charge in [0.1, 0.15) is 11.8 Å². The minimum atomic E-state index is -0.438. The van der Waals surface area contributed by atoms with Gasteiger partial charge in [-0.25, -0.2) is 4.68 Å². The first-order valence-electron chi connectivity index (χ1n) is 4.15. The lowest BCUT2D eigenvalue weighted by Crippen LogP contribution is -2.15. The van der Waals surface area contributed by atoms with Gasteiger partial charge in [0.15, 0.2) is 9.82 Å². The van der Waals surface area contributed by atoms with Crippen LogP contribution < -0.4 is 5.73 Å². The molecule has 2 heterocycles. The first-order valence-corrected chi connectivity index (χ1v) is 5.32. The third-order valence-corrected chi connectivity index (χ3v) is 2.79. The zero-order valence-corrected chi connectivity index (χ0v) is 10.2. The van der Waals surface area contributed by atoms with E-state index in [9.17, 15) is 0 Å². The van der Waals surface area contributed by atoms with Crippen molar-refractivity contribution >= 4 is 27.5 Å². The Morgan fingerprint density at radius 3 is 2.80 bits per heavy atom. The maximum absolute atomic E-state index is 5.99. The number of furan rings is 1. The van der Waals surface area contributed by atoms with E-state index in [0.717, 1.165) is 5.69 Å². The van der Waals surface area contributed by atoms with E-state index in [0.29, 0.717) is 15.6 Å². The van der Waals surface area contributed by atoms with Crippen LogP contribution in [0.2, 0.25) is 5.22 Å². The number of aromatic nitrogens is 3. The summed E-state index contributed by atoms with van der Waals surface area (Å²) in [4.78, 5) is 0. The molecule has 5 nitrogen and oxygen atoms in total. The minimum Gasteiger partial charge on any atom is -0.448 e. The van der Waals surface area contributed by atoms with Gasteiger partial charge in [0.05, 0.1) is 5.69 Å². The van der Waals surface area contributed by atoms with Gasteiger partial charge in [-0.1, -0.05) is 5.21 Å². The Labute approximate surface area is 99.3 Å². The summed E-state index contributed by atoms with van der Waals surface area (Å²) < 4.78 is 7.42. The number of rotatable bonds is 2. The lowest BCUT2D eigenvalue weighted by Gasteiger charge is -2.08. The Bertz CT molecular complexity index is 461. The zero-order valence-electron chi connectivity index (χ0n) is 7.82. The van der Waals surface area contributed by atoms with Crippen LogP contribution in [0.25, 0.3) is 0 Å². The molecule has 1 atom stereocenters. The summed E-state index contributed by atoms with van der Waals surface area (Å²) in [7, 11) is 1.76. The second kappa shape index (κ2) is 3.96. The van der Waals surface area contributed by atoms with Crippen LogP contribution in [-0.2, 0) is 7.05 Å². The fourth-order valence-corrected chi connectivity index (χ4v) is 2.03. The fourth-order valence-electron chi connectivity index (χ4n) is 1.30. The molecule has 0 radical (unpaired) electrons. The van der Waals surface area contributed by atoms with Crippen LogP contribution in [0.4, 0.5) is 0 Å². The molecular weight excluding hydrogens is 283 g/mol. The Balaban J connectivity index is 2.40. The summed E-state index contributed by atoms with van der Waals surface area (Å²) in [6, 6.07) is 2.94. The van der Waals surface area contributed by atoms with Gasteiger partial charge in [-0.3, -0.25) is 0 Å². The summed E-state index contributed by atoms with van der Waals surface area (Å²) in [5.41, 5.74) is 6.73. The number of aryl methyl sites for hydroxylation is 1. The Morgan fingerprint density at radius 2 is 2.33 bits per heavy atom. The molecule has 2 aromatic rings. The SMILES string of the molecule is Cn1nnc(Br)c1C(N)c1ccc(Cl)o1. The molecule has 0 fully saturated rings. The van der Waals surface area contributed by atoms with E-state index in [1.165, 1.54) is 0 Å². The molecule has 15 heavy (non-hydrogen) atoms. The topological polar surface area (TPSA) is 69.9 Å². The highest BCUT2D eigenvalue weighted by Crippen LogP contribution is 2.27. The molecule has 0 aliphatic heterocycles. The first-order chi connectivity index (χ1) is 7.09. The average Bonchev–Trinajstić information content (AvgIpc) is 2.73. The third kappa shape index (κ3) is 1.92. The Morgan fingerprint density at radius 1 is 1.60 bits per heavy atom. The molecule has 80 valence electrons. The van der Waals surface area contributed by atoms with Crippen molar-refractivity contribution in [2.75, 3.05) is 0 Å². The minimum absolute atomic E-state index is 0.312. The molecule has 7 heteroatoms. The van der Waals surface area contributed by atoms with Gasteiger partial charge in [-0.05, 0) is 39.7 Å². The van der Waals surface area contributed by atoms with Crippen LogP contribution in [-0.4, -0.2) is 15.0 Å². The number of hydrogen-bond acceptors (Lipinski definition) is 4. The van der Waals surface area contributed by atoms with Crippen LogP contribution in [0, 0.1) is 0 Å². The van der Waals surface area contributed by atoms with Crippen molar-refractivity contribution in [1.29, 1.82) is 0 Å². The molecule has 1 unspecified atom stereocenters. The molecular formula is C8H8BrClN4O. The van der Waals surface area contributed by atoms with E-state index in [1.807, 2.05) is 0 Å². The van der Waals surface area contributed by atoms with Gasteiger partial charge < -0.3 is 10.2 Å². The van der Waals surface area contributed by atoms with E-state index in [2.05, 4.69) is 26.2 Å². The second-order valence-electron chi connectivity index (χ2n) is 3.01. The van der Waals surface area contributed by atoms with Gasteiger partial charge in [0.2, 0.25) is 0 Å². The summed E-state index contributed by atoms with van der Waals surface area (Å²) in [6.45, 7) is 0. The van der Waals surface area contributed by atoms with Crippen LogP contribution in [0.3, 0.4) is 0 Å². The van der Waals surface area contributed by atoms with Crippen molar-refractivity contribution in [2.24, 2.45) is 12.8 Å². The maximum Gasteiger partial charge on any atom is 0.193 e. The van der Waals surface area contributed by atoms with Crippen molar-refractivity contribution in [2.45, 2.75) is 6.04 Å². The normalized spacial score (nSPS) is 13.1. The molecule has 0 aromatic carbocycles. The summed E-state index contributed by atoms with van der Waals surface area (Å²) in [5, 5.41) is 7.99. The highest BCUT2D eigenvalue weighted by atomic mass is 79.9. The fraction of sp³-hybridized carbons (Fsp3) is 0.250. The molecule has 0 bridgehead atoms. The number of nitrogens with zero attached hydrogens (tertiary/aromatic N) is 3. The van der Waals surface area contributed by atoms with Crippen LogP contribution in [0.15, 0.2) is 21.2 Å². The monoisotopic (exact) mass is 290 g/mol. The lowest BCUT2D eigenvalue weighted by atomic mass is 10.2. The Hall–Kier alpha value is -0.850. The lowest BCUT2D eigenvalue weighted by molar-refractivity contribution is 0.479. The molecule has 0 spiro atoms. The Kier molecular flexibility index (Phi) is 2.81. The van der Waals surface area contributed by atoms with Crippen LogP contribution in [0.1, 0.15) is 17.5 Å². The predicted octanol–water partition coefficient (Wildman–Crippen LogP) is 1.87. The van der Waals surface area contributed by atoms with Crippen molar-refractivity contribution in [3.05, 3.63) is 33.4 Å².